The minimum absolute atomic E-state index is 0.241. The van der Waals surface area contributed by atoms with Gasteiger partial charge < -0.3 is 15.5 Å². The van der Waals surface area contributed by atoms with Crippen LogP contribution in [-0.2, 0) is 4.79 Å². The zero-order chi connectivity index (χ0) is 25.6. The van der Waals surface area contributed by atoms with Crippen LogP contribution in [0.4, 0.5) is 27.8 Å². The Kier molecular flexibility index (Phi) is 5.19. The van der Waals surface area contributed by atoms with Gasteiger partial charge in [0.1, 0.15) is 11.7 Å². The molecule has 6 heterocycles. The van der Waals surface area contributed by atoms with Crippen molar-refractivity contribution in [1.29, 1.82) is 0 Å². The molecule has 192 valence electrons. The number of anilines is 4. The summed E-state index contributed by atoms with van der Waals surface area (Å²) in [6.07, 6.45) is 7.19. The molecule has 2 aliphatic rings. The summed E-state index contributed by atoms with van der Waals surface area (Å²) in [5.41, 5.74) is 2.13. The summed E-state index contributed by atoms with van der Waals surface area (Å²) in [7, 11) is 0. The van der Waals surface area contributed by atoms with Crippen molar-refractivity contribution in [1.82, 2.24) is 49.8 Å². The predicted molar refractivity (Wildman–Crippen MR) is 132 cm³/mol. The van der Waals surface area contributed by atoms with Crippen molar-refractivity contribution >= 4 is 35.0 Å². The average Bonchev–Trinajstić information content (AvgIpc) is 3.39. The average molecular weight is 516 g/mol. The van der Waals surface area contributed by atoms with E-state index in [0.29, 0.717) is 47.9 Å². The summed E-state index contributed by atoms with van der Waals surface area (Å²) in [6, 6.07) is 7.47. The summed E-state index contributed by atoms with van der Waals surface area (Å²) in [5.74, 6) is 1.11. The molecule has 1 amide bonds. The van der Waals surface area contributed by atoms with Crippen LogP contribution in [0.25, 0.3) is 5.65 Å². The molecule has 0 unspecified atom stereocenters. The van der Waals surface area contributed by atoms with Gasteiger partial charge in [-0.2, -0.15) is 24.3 Å². The lowest BCUT2D eigenvalue weighted by Crippen LogP contribution is -2.40. The van der Waals surface area contributed by atoms with Gasteiger partial charge in [-0.3, -0.25) is 14.3 Å². The number of aromatic amines is 1. The van der Waals surface area contributed by atoms with Crippen LogP contribution in [-0.4, -0.2) is 68.3 Å². The Bertz CT molecular complexity index is 1590. The third kappa shape index (κ3) is 4.16. The van der Waals surface area contributed by atoms with Crippen molar-refractivity contribution < 1.29 is 9.18 Å². The fourth-order valence-corrected chi connectivity index (χ4v) is 4.72. The molecule has 7 rings (SSSR count). The molecule has 2 fully saturated rings. The van der Waals surface area contributed by atoms with Crippen LogP contribution >= 0.6 is 0 Å². The van der Waals surface area contributed by atoms with Gasteiger partial charge in [0.15, 0.2) is 12.1 Å². The molecule has 0 aromatic carbocycles. The Hall–Kier alpha value is -4.95. The first-order valence-electron chi connectivity index (χ1n) is 12.2. The number of carbonyl (C=O) groups is 1. The molecular weight excluding hydrogens is 493 g/mol. The lowest BCUT2D eigenvalue weighted by atomic mass is 10.1. The molecule has 5 aromatic rings. The van der Waals surface area contributed by atoms with E-state index in [0.717, 1.165) is 18.5 Å². The highest BCUT2D eigenvalue weighted by molar-refractivity contribution is 5.97. The van der Waals surface area contributed by atoms with E-state index in [1.165, 1.54) is 29.5 Å². The highest BCUT2D eigenvalue weighted by Gasteiger charge is 2.40. The van der Waals surface area contributed by atoms with Gasteiger partial charge in [-0.1, -0.05) is 0 Å². The van der Waals surface area contributed by atoms with E-state index < -0.39 is 12.0 Å². The monoisotopic (exact) mass is 515 g/mol. The lowest BCUT2D eigenvalue weighted by molar-refractivity contribution is -0.117. The minimum atomic E-state index is -0.659. The number of halogens is 1. The van der Waals surface area contributed by atoms with E-state index in [4.69, 9.17) is 9.97 Å². The maximum atomic E-state index is 13.4. The maximum Gasteiger partial charge on any atom is 0.247 e. The number of nitrogens with zero attached hydrogens (tertiary/aromatic N) is 10. The fraction of sp³-hybridized carbons (Fsp3) is 0.304. The van der Waals surface area contributed by atoms with Crippen LogP contribution in [0.5, 0.6) is 0 Å². The molecule has 1 aliphatic carbocycles. The number of hydrogen-bond donors (Lipinski definition) is 3. The molecule has 5 aromatic heterocycles. The molecule has 0 radical (unpaired) electrons. The number of aromatic nitrogens is 10. The largest absolute Gasteiger partial charge is 0.326 e. The van der Waals surface area contributed by atoms with E-state index in [1.54, 1.807) is 0 Å². The topological polar surface area (TPSA) is 160 Å². The molecular formula is C23H22FN13O. The van der Waals surface area contributed by atoms with Crippen LogP contribution in [0.1, 0.15) is 36.9 Å². The standard InChI is InChI=1S/C23H22FN13O/c24-18-6-5-14(10-25-18)28-21(38)17-8-15(37-27-12-26-34-37)11-36(17)23-30-20-2-1-7-35(20)22(31-23)29-19-9-16(32-33-19)13-3-4-13/h1-2,5-7,9-10,12-13,15,17H,3-4,8,11H2,(H,28,38)(H2,29,30,31,32,33)/t15-,17+/m1/s1. The Morgan fingerprint density at radius 1 is 1.18 bits per heavy atom. The molecule has 15 heteroatoms. The van der Waals surface area contributed by atoms with Crippen molar-refractivity contribution in [2.24, 2.45) is 0 Å². The lowest BCUT2D eigenvalue weighted by Gasteiger charge is -2.24. The number of hydrogen-bond acceptors (Lipinski definition) is 10. The first kappa shape index (κ1) is 22.3. The Morgan fingerprint density at radius 3 is 2.89 bits per heavy atom. The number of pyridine rings is 1. The third-order valence-corrected chi connectivity index (χ3v) is 6.76. The second kappa shape index (κ2) is 8.86. The second-order valence-corrected chi connectivity index (χ2v) is 9.36. The quantitative estimate of drug-likeness (QED) is 0.274. The fourth-order valence-electron chi connectivity index (χ4n) is 4.72. The summed E-state index contributed by atoms with van der Waals surface area (Å²) in [5, 5.41) is 25.6. The molecule has 1 saturated carbocycles. The predicted octanol–water partition coefficient (Wildman–Crippen LogP) is 2.05. The van der Waals surface area contributed by atoms with Gasteiger partial charge in [0.25, 0.3) is 0 Å². The van der Waals surface area contributed by atoms with Gasteiger partial charge in [0.05, 0.1) is 17.9 Å². The first-order valence-corrected chi connectivity index (χ1v) is 12.2. The van der Waals surface area contributed by atoms with Crippen LogP contribution in [0.15, 0.2) is 49.1 Å². The van der Waals surface area contributed by atoms with Gasteiger partial charge in [0.2, 0.25) is 23.8 Å². The Morgan fingerprint density at radius 2 is 2.11 bits per heavy atom. The van der Waals surface area contributed by atoms with Gasteiger partial charge in [-0.15, -0.1) is 10.2 Å². The minimum Gasteiger partial charge on any atom is -0.326 e. The molecule has 14 nitrogen and oxygen atoms in total. The SMILES string of the molecule is O=C(Nc1ccc(F)nc1)[C@@H]1C[C@@H](n2ncnn2)CN1c1nc(Nc2cc(C3CC3)[nH]n2)n2cccc2n1. The van der Waals surface area contributed by atoms with E-state index in [2.05, 4.69) is 41.2 Å². The number of carbonyl (C=O) groups excluding carboxylic acids is 1. The van der Waals surface area contributed by atoms with Gasteiger partial charge >= 0.3 is 0 Å². The third-order valence-electron chi connectivity index (χ3n) is 6.76. The molecule has 2 atom stereocenters. The summed E-state index contributed by atoms with van der Waals surface area (Å²) < 4.78 is 15.1. The highest BCUT2D eigenvalue weighted by atomic mass is 19.1. The maximum absolute atomic E-state index is 13.4. The van der Waals surface area contributed by atoms with Crippen molar-refractivity contribution in [2.75, 3.05) is 22.1 Å². The van der Waals surface area contributed by atoms with E-state index in [9.17, 15) is 9.18 Å². The van der Waals surface area contributed by atoms with Crippen LogP contribution in [0.2, 0.25) is 0 Å². The van der Waals surface area contributed by atoms with Crippen molar-refractivity contribution in [2.45, 2.75) is 37.3 Å². The van der Waals surface area contributed by atoms with Crippen LogP contribution in [0.3, 0.4) is 0 Å². The molecule has 1 aliphatic heterocycles. The molecule has 1 saturated heterocycles. The van der Waals surface area contributed by atoms with E-state index in [1.807, 2.05) is 33.7 Å². The van der Waals surface area contributed by atoms with Gasteiger partial charge in [-0.05, 0) is 42.3 Å². The number of nitrogens with one attached hydrogen (secondary N) is 3. The summed E-state index contributed by atoms with van der Waals surface area (Å²) in [4.78, 5) is 29.9. The van der Waals surface area contributed by atoms with Crippen molar-refractivity contribution in [3.8, 4) is 0 Å². The molecule has 0 spiro atoms. The molecule has 3 N–H and O–H groups in total. The summed E-state index contributed by atoms with van der Waals surface area (Å²) in [6.45, 7) is 0.376. The summed E-state index contributed by atoms with van der Waals surface area (Å²) >= 11 is 0. The van der Waals surface area contributed by atoms with Crippen molar-refractivity contribution in [3.05, 3.63) is 60.7 Å². The second-order valence-electron chi connectivity index (χ2n) is 9.36. The number of amides is 1. The highest BCUT2D eigenvalue weighted by Crippen LogP contribution is 2.39. The van der Waals surface area contributed by atoms with Crippen molar-refractivity contribution in [3.63, 3.8) is 0 Å². The van der Waals surface area contributed by atoms with Crippen LogP contribution in [0, 0.1) is 5.95 Å². The number of rotatable bonds is 7. The Balaban J connectivity index is 1.22. The smallest absolute Gasteiger partial charge is 0.247 e. The van der Waals surface area contributed by atoms with Crippen LogP contribution < -0.4 is 15.5 Å². The first-order chi connectivity index (χ1) is 18.6. The number of tetrazole rings is 1. The molecule has 0 bridgehead atoms. The van der Waals surface area contributed by atoms with E-state index >= 15 is 0 Å². The zero-order valence-corrected chi connectivity index (χ0v) is 19.9. The molecule has 38 heavy (non-hydrogen) atoms. The number of H-pyrrole nitrogens is 1. The van der Waals surface area contributed by atoms with E-state index in [-0.39, 0.29) is 11.9 Å². The van der Waals surface area contributed by atoms with Gasteiger partial charge in [-0.25, -0.2) is 4.98 Å². The number of fused-ring (bicyclic) bond motifs is 1. The Labute approximate surface area is 214 Å². The normalized spacial score (nSPS) is 19.2. The zero-order valence-electron chi connectivity index (χ0n) is 19.9. The van der Waals surface area contributed by atoms with Gasteiger partial charge in [0, 0.05) is 36.8 Å².